The molecule has 0 radical (unpaired) electrons. The Balaban J connectivity index is 2.44. The van der Waals surface area contributed by atoms with Gasteiger partial charge < -0.3 is 21.1 Å². The minimum absolute atomic E-state index is 0.0911. The normalized spacial score (nSPS) is 19.4. The van der Waals surface area contributed by atoms with Crippen LogP contribution in [0.5, 0.6) is 5.75 Å². The third-order valence-electron chi connectivity index (χ3n) is 2.76. The molecule has 2 rings (SSSR count). The molecule has 0 bridgehead atoms. The van der Waals surface area contributed by atoms with Crippen LogP contribution in [0.4, 0.5) is 11.4 Å². The predicted molar refractivity (Wildman–Crippen MR) is 71.6 cm³/mol. The van der Waals surface area contributed by atoms with Crippen LogP contribution in [-0.2, 0) is 4.79 Å². The van der Waals surface area contributed by atoms with Gasteiger partial charge in [0, 0.05) is 17.8 Å². The zero-order valence-corrected chi connectivity index (χ0v) is 10.9. The van der Waals surface area contributed by atoms with E-state index in [2.05, 4.69) is 0 Å². The highest BCUT2D eigenvalue weighted by Gasteiger charge is 2.33. The van der Waals surface area contributed by atoms with Crippen LogP contribution in [0.1, 0.15) is 20.8 Å². The molecule has 1 heterocycles. The van der Waals surface area contributed by atoms with E-state index in [1.54, 1.807) is 30.0 Å². The zero-order chi connectivity index (χ0) is 13.5. The van der Waals surface area contributed by atoms with E-state index >= 15 is 0 Å². The summed E-state index contributed by atoms with van der Waals surface area (Å²) in [5, 5.41) is 0. The first-order valence-corrected chi connectivity index (χ1v) is 5.94. The molecule has 1 aromatic rings. The summed E-state index contributed by atoms with van der Waals surface area (Å²) in [6, 6.07) is 5.28. The number of carbonyl (C=O) groups excluding carboxylic acids is 1. The zero-order valence-electron chi connectivity index (χ0n) is 10.9. The molecule has 0 fully saturated rings. The van der Waals surface area contributed by atoms with E-state index in [1.807, 2.05) is 13.8 Å². The highest BCUT2D eigenvalue weighted by atomic mass is 16.5. The number of hydrogen-bond donors (Lipinski definition) is 2. The van der Waals surface area contributed by atoms with E-state index in [-0.39, 0.29) is 5.91 Å². The lowest BCUT2D eigenvalue weighted by atomic mass is 10.0. The average molecular weight is 249 g/mol. The lowest BCUT2D eigenvalue weighted by molar-refractivity contribution is -0.125. The minimum atomic E-state index is -0.497. The average Bonchev–Trinajstić information content (AvgIpc) is 2.24. The summed E-state index contributed by atoms with van der Waals surface area (Å²) in [7, 11) is 0. The number of hydrogen-bond acceptors (Lipinski definition) is 4. The Hall–Kier alpha value is -1.75. The third kappa shape index (κ3) is 2.41. The molecule has 0 saturated heterocycles. The monoisotopic (exact) mass is 249 g/mol. The summed E-state index contributed by atoms with van der Waals surface area (Å²) >= 11 is 0. The number of nitrogen functional groups attached to an aromatic ring is 1. The second-order valence-corrected chi connectivity index (χ2v) is 5.40. The first-order valence-electron chi connectivity index (χ1n) is 5.94. The Morgan fingerprint density at radius 3 is 2.72 bits per heavy atom. The number of nitrogens with zero attached hydrogens (tertiary/aromatic N) is 1. The molecule has 1 aliphatic heterocycles. The van der Waals surface area contributed by atoms with Crippen molar-refractivity contribution in [2.45, 2.75) is 32.4 Å². The standard InChI is InChI=1S/C13H19N3O2/c1-8-12(17)16(7-13(2,3)15)10-6-9(14)4-5-11(10)18-8/h4-6,8H,7,14-15H2,1-3H3. The molecule has 18 heavy (non-hydrogen) atoms. The van der Waals surface area contributed by atoms with Crippen LogP contribution < -0.4 is 21.1 Å². The number of benzene rings is 1. The molecule has 0 saturated carbocycles. The first-order chi connectivity index (χ1) is 8.28. The second-order valence-electron chi connectivity index (χ2n) is 5.40. The molecule has 1 atom stereocenters. The van der Waals surface area contributed by atoms with Crippen LogP contribution >= 0.6 is 0 Å². The van der Waals surface area contributed by atoms with E-state index in [0.717, 1.165) is 0 Å². The highest BCUT2D eigenvalue weighted by Crippen LogP contribution is 2.36. The number of anilines is 2. The van der Waals surface area contributed by atoms with Crippen molar-refractivity contribution < 1.29 is 9.53 Å². The smallest absolute Gasteiger partial charge is 0.267 e. The SMILES string of the molecule is CC1Oc2ccc(N)cc2N(CC(C)(C)N)C1=O. The summed E-state index contributed by atoms with van der Waals surface area (Å²) in [6.45, 7) is 5.92. The van der Waals surface area contributed by atoms with Crippen molar-refractivity contribution in [3.63, 3.8) is 0 Å². The van der Waals surface area contributed by atoms with Gasteiger partial charge in [-0.05, 0) is 39.0 Å². The van der Waals surface area contributed by atoms with Gasteiger partial charge in [-0.3, -0.25) is 4.79 Å². The molecule has 1 aliphatic rings. The summed E-state index contributed by atoms with van der Waals surface area (Å²) in [4.78, 5) is 13.8. The first kappa shape index (κ1) is 12.7. The highest BCUT2D eigenvalue weighted by molar-refractivity contribution is 6.00. The summed E-state index contributed by atoms with van der Waals surface area (Å²) in [5.74, 6) is 0.576. The number of rotatable bonds is 2. The Morgan fingerprint density at radius 1 is 1.44 bits per heavy atom. The molecule has 0 aromatic heterocycles. The van der Waals surface area contributed by atoms with E-state index in [9.17, 15) is 4.79 Å². The maximum absolute atomic E-state index is 12.2. The topological polar surface area (TPSA) is 81.6 Å². The van der Waals surface area contributed by atoms with Crippen LogP contribution in [0.2, 0.25) is 0 Å². The fraction of sp³-hybridized carbons (Fsp3) is 0.462. The van der Waals surface area contributed by atoms with Gasteiger partial charge in [0.2, 0.25) is 0 Å². The van der Waals surface area contributed by atoms with Crippen LogP contribution in [-0.4, -0.2) is 24.1 Å². The lowest BCUT2D eigenvalue weighted by Gasteiger charge is -2.36. The molecule has 1 aromatic carbocycles. The molecule has 0 aliphatic carbocycles. The summed E-state index contributed by atoms with van der Waals surface area (Å²) in [6.07, 6.45) is -0.497. The Bertz CT molecular complexity index is 480. The van der Waals surface area contributed by atoms with Crippen molar-refractivity contribution in [2.75, 3.05) is 17.2 Å². The van der Waals surface area contributed by atoms with Gasteiger partial charge in [0.25, 0.3) is 5.91 Å². The Kier molecular flexibility index (Phi) is 2.94. The van der Waals surface area contributed by atoms with Crippen molar-refractivity contribution in [3.05, 3.63) is 18.2 Å². The van der Waals surface area contributed by atoms with Gasteiger partial charge >= 0.3 is 0 Å². The predicted octanol–water partition coefficient (Wildman–Crippen LogP) is 1.12. The van der Waals surface area contributed by atoms with Gasteiger partial charge in [0.15, 0.2) is 6.10 Å². The summed E-state index contributed by atoms with van der Waals surface area (Å²) < 4.78 is 5.56. The van der Waals surface area contributed by atoms with E-state index in [4.69, 9.17) is 16.2 Å². The number of fused-ring (bicyclic) bond motifs is 1. The molecule has 0 spiro atoms. The molecule has 5 nitrogen and oxygen atoms in total. The maximum Gasteiger partial charge on any atom is 0.267 e. The molecular formula is C13H19N3O2. The quantitative estimate of drug-likeness (QED) is 0.769. The van der Waals surface area contributed by atoms with Crippen molar-refractivity contribution in [3.8, 4) is 5.75 Å². The van der Waals surface area contributed by atoms with Crippen molar-refractivity contribution in [2.24, 2.45) is 5.73 Å². The fourth-order valence-corrected chi connectivity index (χ4v) is 1.99. The van der Waals surface area contributed by atoms with Gasteiger partial charge in [-0.15, -0.1) is 0 Å². The van der Waals surface area contributed by atoms with Crippen LogP contribution in [0.3, 0.4) is 0 Å². The number of ether oxygens (including phenoxy) is 1. The number of nitrogens with two attached hydrogens (primary N) is 2. The van der Waals surface area contributed by atoms with E-state index in [0.29, 0.717) is 23.7 Å². The molecule has 4 N–H and O–H groups in total. The van der Waals surface area contributed by atoms with Crippen LogP contribution in [0.25, 0.3) is 0 Å². The molecule has 1 amide bonds. The van der Waals surface area contributed by atoms with Gasteiger partial charge in [-0.25, -0.2) is 0 Å². The molecule has 1 unspecified atom stereocenters. The molecule has 98 valence electrons. The lowest BCUT2D eigenvalue weighted by Crippen LogP contribution is -2.53. The Morgan fingerprint density at radius 2 is 2.11 bits per heavy atom. The van der Waals surface area contributed by atoms with E-state index in [1.165, 1.54) is 0 Å². The van der Waals surface area contributed by atoms with Crippen molar-refractivity contribution in [1.29, 1.82) is 0 Å². The number of amides is 1. The van der Waals surface area contributed by atoms with Crippen LogP contribution in [0, 0.1) is 0 Å². The largest absolute Gasteiger partial charge is 0.479 e. The molecular weight excluding hydrogens is 230 g/mol. The molecule has 5 heteroatoms. The third-order valence-corrected chi connectivity index (χ3v) is 2.76. The fourth-order valence-electron chi connectivity index (χ4n) is 1.99. The second kappa shape index (κ2) is 4.17. The van der Waals surface area contributed by atoms with Gasteiger partial charge in [0.05, 0.1) is 5.69 Å². The van der Waals surface area contributed by atoms with Gasteiger partial charge in [0.1, 0.15) is 5.75 Å². The van der Waals surface area contributed by atoms with E-state index < -0.39 is 11.6 Å². The summed E-state index contributed by atoms with van der Waals surface area (Å²) in [5.41, 5.74) is 12.6. The van der Waals surface area contributed by atoms with Crippen molar-refractivity contribution >= 4 is 17.3 Å². The van der Waals surface area contributed by atoms with Crippen LogP contribution in [0.15, 0.2) is 18.2 Å². The van der Waals surface area contributed by atoms with Gasteiger partial charge in [-0.1, -0.05) is 0 Å². The van der Waals surface area contributed by atoms with Gasteiger partial charge in [-0.2, -0.15) is 0 Å². The maximum atomic E-state index is 12.2. The minimum Gasteiger partial charge on any atom is -0.479 e. The van der Waals surface area contributed by atoms with Crippen molar-refractivity contribution in [1.82, 2.24) is 0 Å². The number of carbonyl (C=O) groups is 1. The Labute approximate surface area is 107 Å².